The van der Waals surface area contributed by atoms with Crippen LogP contribution in [-0.2, 0) is 19.5 Å². The zero-order valence-corrected chi connectivity index (χ0v) is 19.5. The van der Waals surface area contributed by atoms with Gasteiger partial charge in [0, 0.05) is 52.6 Å². The van der Waals surface area contributed by atoms with E-state index in [0.717, 1.165) is 59.5 Å². The molecule has 1 aliphatic rings. The number of aromatic amines is 1. The monoisotopic (exact) mass is 482 g/mol. The first kappa shape index (κ1) is 21.8. The lowest BCUT2D eigenvalue weighted by atomic mass is 9.91. The molecule has 33 heavy (non-hydrogen) atoms. The molecule has 2 amide bonds. The number of rotatable bonds is 6. The highest BCUT2D eigenvalue weighted by atomic mass is 35.5. The van der Waals surface area contributed by atoms with Gasteiger partial charge < -0.3 is 20.2 Å². The van der Waals surface area contributed by atoms with E-state index in [1.165, 1.54) is 0 Å². The van der Waals surface area contributed by atoms with E-state index in [4.69, 9.17) is 23.2 Å². The first-order valence-electron chi connectivity index (χ1n) is 11.0. The maximum atomic E-state index is 12.7. The number of aromatic nitrogens is 4. The smallest absolute Gasteiger partial charge is 0.315 e. The lowest BCUT2D eigenvalue weighted by Crippen LogP contribution is -2.38. The molecule has 0 saturated carbocycles. The zero-order chi connectivity index (χ0) is 22.8. The van der Waals surface area contributed by atoms with Crippen LogP contribution in [0.15, 0.2) is 48.7 Å². The van der Waals surface area contributed by atoms with Gasteiger partial charge in [-0.15, -0.1) is 10.2 Å². The van der Waals surface area contributed by atoms with Gasteiger partial charge >= 0.3 is 6.03 Å². The number of urea groups is 1. The highest BCUT2D eigenvalue weighted by Gasteiger charge is 2.22. The van der Waals surface area contributed by atoms with E-state index < -0.39 is 0 Å². The number of nitrogens with zero attached hydrogens (tertiary/aromatic N) is 3. The molecular weight excluding hydrogens is 459 g/mol. The Hall–Kier alpha value is -3.03. The van der Waals surface area contributed by atoms with Gasteiger partial charge in [-0.2, -0.15) is 0 Å². The molecule has 4 aromatic rings. The number of halogens is 2. The number of para-hydroxylation sites is 1. The third-order valence-electron chi connectivity index (χ3n) is 6.14. The number of nitrogens with one attached hydrogen (secondary N) is 3. The molecule has 0 spiro atoms. The summed E-state index contributed by atoms with van der Waals surface area (Å²) in [6, 6.07) is 13.3. The van der Waals surface area contributed by atoms with Crippen molar-refractivity contribution < 1.29 is 4.79 Å². The molecule has 3 heterocycles. The summed E-state index contributed by atoms with van der Waals surface area (Å²) in [5.41, 5.74) is 2.99. The molecule has 1 unspecified atom stereocenters. The predicted molar refractivity (Wildman–Crippen MR) is 130 cm³/mol. The van der Waals surface area contributed by atoms with Crippen LogP contribution in [0.1, 0.15) is 41.5 Å². The molecule has 0 saturated heterocycles. The molecule has 1 atom stereocenters. The number of carbonyl (C=O) groups is 1. The van der Waals surface area contributed by atoms with Crippen molar-refractivity contribution in [2.45, 2.75) is 38.3 Å². The summed E-state index contributed by atoms with van der Waals surface area (Å²) in [5.74, 6) is 1.63. The van der Waals surface area contributed by atoms with Crippen LogP contribution in [0.2, 0.25) is 10.0 Å². The van der Waals surface area contributed by atoms with Gasteiger partial charge in [0.1, 0.15) is 5.82 Å². The van der Waals surface area contributed by atoms with E-state index in [9.17, 15) is 4.79 Å². The number of benzene rings is 2. The van der Waals surface area contributed by atoms with Gasteiger partial charge in [-0.1, -0.05) is 47.5 Å². The minimum absolute atomic E-state index is 0.155. The van der Waals surface area contributed by atoms with E-state index in [1.54, 1.807) is 6.07 Å². The van der Waals surface area contributed by atoms with Gasteiger partial charge in [-0.25, -0.2) is 4.79 Å². The number of H-pyrrole nitrogens is 1. The van der Waals surface area contributed by atoms with Gasteiger partial charge in [-0.3, -0.25) is 0 Å². The van der Waals surface area contributed by atoms with Crippen molar-refractivity contribution in [1.82, 2.24) is 30.4 Å². The predicted octanol–water partition coefficient (Wildman–Crippen LogP) is 5.03. The molecule has 2 aromatic carbocycles. The summed E-state index contributed by atoms with van der Waals surface area (Å²) in [6.07, 6.45) is 5.16. The fourth-order valence-electron chi connectivity index (χ4n) is 4.47. The number of hydrogen-bond donors (Lipinski definition) is 3. The van der Waals surface area contributed by atoms with Gasteiger partial charge in [0.15, 0.2) is 5.82 Å². The standard InChI is InChI=1S/C24H24Cl2N6O/c25-15-8-9-16(20(26)11-15)18(19-12-27-21-6-2-1-5-17(19)21)13-28-24(33)29-14-23-31-30-22-7-3-4-10-32(22)23/h1-2,5-6,8-9,11-12,18,27H,3-4,7,10,13-14H2,(H2,28,29,33). The van der Waals surface area contributed by atoms with Crippen molar-refractivity contribution in [1.29, 1.82) is 0 Å². The molecule has 0 radical (unpaired) electrons. The average Bonchev–Trinajstić information content (AvgIpc) is 3.43. The highest BCUT2D eigenvalue weighted by molar-refractivity contribution is 6.35. The van der Waals surface area contributed by atoms with Crippen LogP contribution in [0.4, 0.5) is 4.79 Å². The van der Waals surface area contributed by atoms with Crippen molar-refractivity contribution in [3.63, 3.8) is 0 Å². The number of amides is 2. The lowest BCUT2D eigenvalue weighted by molar-refractivity contribution is 0.239. The number of fused-ring (bicyclic) bond motifs is 2. The van der Waals surface area contributed by atoms with Gasteiger partial charge in [0.05, 0.1) is 6.54 Å². The molecule has 9 heteroatoms. The Kier molecular flexibility index (Phi) is 6.24. The van der Waals surface area contributed by atoms with Gasteiger partial charge in [0.25, 0.3) is 0 Å². The fourth-order valence-corrected chi connectivity index (χ4v) is 5.01. The van der Waals surface area contributed by atoms with Crippen LogP contribution in [-0.4, -0.2) is 32.3 Å². The van der Waals surface area contributed by atoms with Crippen molar-refractivity contribution in [3.8, 4) is 0 Å². The zero-order valence-electron chi connectivity index (χ0n) is 17.9. The SMILES string of the molecule is O=C(NCc1nnc2n1CCCC2)NCC(c1ccc(Cl)cc1Cl)c1c[nH]c2ccccc12. The van der Waals surface area contributed by atoms with Crippen LogP contribution >= 0.6 is 23.2 Å². The van der Waals surface area contributed by atoms with Crippen molar-refractivity contribution in [2.24, 2.45) is 0 Å². The van der Waals surface area contributed by atoms with E-state index >= 15 is 0 Å². The summed E-state index contributed by atoms with van der Waals surface area (Å²) in [6.45, 7) is 1.60. The quantitative estimate of drug-likeness (QED) is 0.359. The largest absolute Gasteiger partial charge is 0.361 e. The van der Waals surface area contributed by atoms with E-state index in [-0.39, 0.29) is 11.9 Å². The molecule has 1 aliphatic heterocycles. The molecule has 0 aliphatic carbocycles. The third-order valence-corrected chi connectivity index (χ3v) is 6.71. The number of aryl methyl sites for hydroxylation is 1. The Morgan fingerprint density at radius 3 is 2.85 bits per heavy atom. The van der Waals surface area contributed by atoms with Crippen LogP contribution in [0.5, 0.6) is 0 Å². The average molecular weight is 483 g/mol. The number of hydrogen-bond acceptors (Lipinski definition) is 3. The second-order valence-electron chi connectivity index (χ2n) is 8.21. The molecule has 7 nitrogen and oxygen atoms in total. The van der Waals surface area contributed by atoms with Crippen LogP contribution in [0.3, 0.4) is 0 Å². The molecule has 3 N–H and O–H groups in total. The number of carbonyl (C=O) groups excluding carboxylic acids is 1. The fraction of sp³-hybridized carbons (Fsp3) is 0.292. The van der Waals surface area contributed by atoms with Crippen molar-refractivity contribution >= 4 is 40.1 Å². The minimum atomic E-state index is -0.266. The normalized spacial score (nSPS) is 14.1. The van der Waals surface area contributed by atoms with Crippen LogP contribution in [0, 0.1) is 0 Å². The highest BCUT2D eigenvalue weighted by Crippen LogP contribution is 2.35. The Labute approximate surface area is 201 Å². The molecular formula is C24H24Cl2N6O. The first-order chi connectivity index (χ1) is 16.1. The van der Waals surface area contributed by atoms with E-state index in [1.807, 2.05) is 36.5 Å². The summed E-state index contributed by atoms with van der Waals surface area (Å²) in [5, 5.41) is 16.6. The summed E-state index contributed by atoms with van der Waals surface area (Å²) >= 11 is 12.7. The maximum absolute atomic E-state index is 12.7. The second kappa shape index (κ2) is 9.45. The Morgan fingerprint density at radius 1 is 1.09 bits per heavy atom. The minimum Gasteiger partial charge on any atom is -0.361 e. The molecule has 170 valence electrons. The van der Waals surface area contributed by atoms with Crippen LogP contribution < -0.4 is 10.6 Å². The summed E-state index contributed by atoms with van der Waals surface area (Å²) < 4.78 is 2.10. The Bertz CT molecular complexity index is 1300. The van der Waals surface area contributed by atoms with Crippen LogP contribution in [0.25, 0.3) is 10.9 Å². The van der Waals surface area contributed by atoms with Gasteiger partial charge in [0.2, 0.25) is 0 Å². The summed E-state index contributed by atoms with van der Waals surface area (Å²) in [7, 11) is 0. The van der Waals surface area contributed by atoms with E-state index in [0.29, 0.717) is 23.1 Å². The Morgan fingerprint density at radius 2 is 1.97 bits per heavy atom. The summed E-state index contributed by atoms with van der Waals surface area (Å²) in [4.78, 5) is 16.0. The molecule has 0 bridgehead atoms. The first-order valence-corrected chi connectivity index (χ1v) is 11.8. The lowest BCUT2D eigenvalue weighted by Gasteiger charge is -2.20. The van der Waals surface area contributed by atoms with Gasteiger partial charge in [-0.05, 0) is 42.2 Å². The third kappa shape index (κ3) is 4.56. The molecule has 5 rings (SSSR count). The van der Waals surface area contributed by atoms with E-state index in [2.05, 4.69) is 36.4 Å². The van der Waals surface area contributed by atoms with Crippen molar-refractivity contribution in [3.05, 3.63) is 81.5 Å². The molecule has 2 aromatic heterocycles. The van der Waals surface area contributed by atoms with Crippen molar-refractivity contribution in [2.75, 3.05) is 6.54 Å². The Balaban J connectivity index is 1.33. The molecule has 0 fully saturated rings. The second-order valence-corrected chi connectivity index (χ2v) is 9.06. The topological polar surface area (TPSA) is 87.6 Å². The maximum Gasteiger partial charge on any atom is 0.315 e.